The van der Waals surface area contributed by atoms with Crippen molar-refractivity contribution in [1.82, 2.24) is 0 Å². The zero-order chi connectivity index (χ0) is 13.3. The van der Waals surface area contributed by atoms with E-state index in [0.717, 1.165) is 17.4 Å². The average molecular weight is 314 g/mol. The SMILES string of the molecule is CC1CC(CN)CN1c1cc(Br)ccc1[N+](=O)[O-]. The third-order valence-corrected chi connectivity index (χ3v) is 3.93. The van der Waals surface area contributed by atoms with Gasteiger partial charge in [0, 0.05) is 23.1 Å². The number of nitrogens with two attached hydrogens (primary N) is 1. The van der Waals surface area contributed by atoms with Crippen molar-refractivity contribution < 1.29 is 4.92 Å². The lowest BCUT2D eigenvalue weighted by molar-refractivity contribution is -0.384. The number of benzene rings is 1. The highest BCUT2D eigenvalue weighted by Crippen LogP contribution is 2.36. The van der Waals surface area contributed by atoms with Crippen LogP contribution in [0.3, 0.4) is 0 Å². The molecule has 0 spiro atoms. The molecule has 1 aliphatic heterocycles. The maximum Gasteiger partial charge on any atom is 0.292 e. The number of nitro groups is 1. The van der Waals surface area contributed by atoms with Gasteiger partial charge in [-0.25, -0.2) is 0 Å². The molecule has 1 aromatic carbocycles. The molecule has 2 rings (SSSR count). The molecule has 0 aromatic heterocycles. The predicted octanol–water partition coefficient (Wildman–Crippen LogP) is 2.53. The number of nitro benzene ring substituents is 1. The number of halogens is 1. The van der Waals surface area contributed by atoms with Crippen molar-refractivity contribution in [2.45, 2.75) is 19.4 Å². The van der Waals surface area contributed by atoms with Crippen LogP contribution in [0, 0.1) is 16.0 Å². The Kier molecular flexibility index (Phi) is 3.87. The van der Waals surface area contributed by atoms with E-state index in [1.807, 2.05) is 6.07 Å². The lowest BCUT2D eigenvalue weighted by Gasteiger charge is -2.23. The van der Waals surface area contributed by atoms with Crippen LogP contribution in [-0.4, -0.2) is 24.1 Å². The second-order valence-corrected chi connectivity index (χ2v) is 5.64. The van der Waals surface area contributed by atoms with Gasteiger partial charge < -0.3 is 10.6 Å². The highest BCUT2D eigenvalue weighted by Gasteiger charge is 2.32. The number of hydrogen-bond donors (Lipinski definition) is 1. The van der Waals surface area contributed by atoms with E-state index in [1.54, 1.807) is 12.1 Å². The summed E-state index contributed by atoms with van der Waals surface area (Å²) in [5.74, 6) is 0.415. The molecule has 5 nitrogen and oxygen atoms in total. The van der Waals surface area contributed by atoms with Crippen LogP contribution in [0.2, 0.25) is 0 Å². The van der Waals surface area contributed by atoms with Gasteiger partial charge >= 0.3 is 0 Å². The third kappa shape index (κ3) is 2.49. The molecule has 6 heteroatoms. The molecule has 0 bridgehead atoms. The fourth-order valence-corrected chi connectivity index (χ4v) is 2.88. The van der Waals surface area contributed by atoms with E-state index in [1.165, 1.54) is 0 Å². The topological polar surface area (TPSA) is 72.4 Å². The zero-order valence-electron chi connectivity index (χ0n) is 10.2. The molecule has 0 amide bonds. The Morgan fingerprint density at radius 1 is 1.61 bits per heavy atom. The fourth-order valence-electron chi connectivity index (χ4n) is 2.53. The zero-order valence-corrected chi connectivity index (χ0v) is 11.8. The van der Waals surface area contributed by atoms with Crippen LogP contribution in [0.5, 0.6) is 0 Å². The maximum absolute atomic E-state index is 11.1. The van der Waals surface area contributed by atoms with Gasteiger partial charge in [0.25, 0.3) is 5.69 Å². The molecule has 1 fully saturated rings. The van der Waals surface area contributed by atoms with Gasteiger partial charge in [0.1, 0.15) is 5.69 Å². The Balaban J connectivity index is 2.38. The first kappa shape index (κ1) is 13.3. The summed E-state index contributed by atoms with van der Waals surface area (Å²) in [5, 5.41) is 11.1. The molecule has 2 N–H and O–H groups in total. The highest BCUT2D eigenvalue weighted by molar-refractivity contribution is 9.10. The van der Waals surface area contributed by atoms with Crippen LogP contribution in [0.1, 0.15) is 13.3 Å². The summed E-state index contributed by atoms with van der Waals surface area (Å²) in [6.07, 6.45) is 0.986. The smallest absolute Gasteiger partial charge is 0.292 e. The van der Waals surface area contributed by atoms with E-state index in [9.17, 15) is 10.1 Å². The molecule has 18 heavy (non-hydrogen) atoms. The number of anilines is 1. The molecule has 2 unspecified atom stereocenters. The molecule has 98 valence electrons. The summed E-state index contributed by atoms with van der Waals surface area (Å²) in [6, 6.07) is 5.34. The largest absolute Gasteiger partial charge is 0.363 e. The summed E-state index contributed by atoms with van der Waals surface area (Å²) < 4.78 is 0.853. The number of nitrogens with zero attached hydrogens (tertiary/aromatic N) is 2. The summed E-state index contributed by atoms with van der Waals surface area (Å²) >= 11 is 3.37. The van der Waals surface area contributed by atoms with Gasteiger partial charge in [-0.3, -0.25) is 10.1 Å². The molecule has 1 aliphatic rings. The molecule has 0 aliphatic carbocycles. The molecule has 0 saturated carbocycles. The monoisotopic (exact) mass is 313 g/mol. The maximum atomic E-state index is 11.1. The van der Waals surface area contributed by atoms with Gasteiger partial charge in [0.15, 0.2) is 0 Å². The minimum atomic E-state index is -0.329. The lowest BCUT2D eigenvalue weighted by Crippen LogP contribution is -2.28. The Labute approximate surface area is 114 Å². The van der Waals surface area contributed by atoms with Crippen molar-refractivity contribution in [2.75, 3.05) is 18.0 Å². The second-order valence-electron chi connectivity index (χ2n) is 4.73. The van der Waals surface area contributed by atoms with E-state index in [-0.39, 0.29) is 16.7 Å². The normalized spacial score (nSPS) is 23.4. The van der Waals surface area contributed by atoms with Crippen molar-refractivity contribution in [3.05, 3.63) is 32.8 Å². The van der Waals surface area contributed by atoms with Crippen LogP contribution < -0.4 is 10.6 Å². The van der Waals surface area contributed by atoms with E-state index in [4.69, 9.17) is 5.73 Å². The Bertz CT molecular complexity index is 467. The first-order valence-corrected chi connectivity index (χ1v) is 6.73. The summed E-state index contributed by atoms with van der Waals surface area (Å²) in [7, 11) is 0. The highest BCUT2D eigenvalue weighted by atomic mass is 79.9. The molecular formula is C12H16BrN3O2. The number of rotatable bonds is 3. The summed E-state index contributed by atoms with van der Waals surface area (Å²) in [5.41, 5.74) is 6.53. The molecule has 1 heterocycles. The predicted molar refractivity (Wildman–Crippen MR) is 74.8 cm³/mol. The first-order chi connectivity index (χ1) is 8.52. The van der Waals surface area contributed by atoms with Gasteiger partial charge in [-0.1, -0.05) is 15.9 Å². The lowest BCUT2D eigenvalue weighted by atomic mass is 10.1. The minimum Gasteiger partial charge on any atom is -0.363 e. The molecule has 2 atom stereocenters. The van der Waals surface area contributed by atoms with Crippen LogP contribution >= 0.6 is 15.9 Å². The Morgan fingerprint density at radius 2 is 2.33 bits per heavy atom. The van der Waals surface area contributed by atoms with Crippen molar-refractivity contribution >= 4 is 27.3 Å². The van der Waals surface area contributed by atoms with Gasteiger partial charge in [0.2, 0.25) is 0 Å². The Morgan fingerprint density at radius 3 is 2.89 bits per heavy atom. The molecule has 1 aromatic rings. The quantitative estimate of drug-likeness (QED) is 0.687. The van der Waals surface area contributed by atoms with Crippen LogP contribution in [0.4, 0.5) is 11.4 Å². The summed E-state index contributed by atoms with van der Waals surface area (Å²) in [6.45, 7) is 3.50. The van der Waals surface area contributed by atoms with Gasteiger partial charge in [-0.2, -0.15) is 0 Å². The first-order valence-electron chi connectivity index (χ1n) is 5.93. The van der Waals surface area contributed by atoms with Gasteiger partial charge in [0.05, 0.1) is 4.92 Å². The molecule has 0 radical (unpaired) electrons. The molecule has 1 saturated heterocycles. The van der Waals surface area contributed by atoms with Crippen molar-refractivity contribution in [1.29, 1.82) is 0 Å². The van der Waals surface area contributed by atoms with Gasteiger partial charge in [-0.05, 0) is 37.9 Å². The van der Waals surface area contributed by atoms with Crippen molar-refractivity contribution in [3.63, 3.8) is 0 Å². The van der Waals surface area contributed by atoms with E-state index >= 15 is 0 Å². The average Bonchev–Trinajstić information content (AvgIpc) is 2.70. The number of hydrogen-bond acceptors (Lipinski definition) is 4. The van der Waals surface area contributed by atoms with Crippen LogP contribution in [-0.2, 0) is 0 Å². The van der Waals surface area contributed by atoms with Crippen LogP contribution in [0.25, 0.3) is 0 Å². The molecular weight excluding hydrogens is 298 g/mol. The van der Waals surface area contributed by atoms with E-state index in [2.05, 4.69) is 27.8 Å². The van der Waals surface area contributed by atoms with E-state index < -0.39 is 0 Å². The van der Waals surface area contributed by atoms with Crippen LogP contribution in [0.15, 0.2) is 22.7 Å². The fraction of sp³-hybridized carbons (Fsp3) is 0.500. The second kappa shape index (κ2) is 5.24. The minimum absolute atomic E-state index is 0.155. The van der Waals surface area contributed by atoms with Gasteiger partial charge in [-0.15, -0.1) is 0 Å². The Hall–Kier alpha value is -1.14. The summed E-state index contributed by atoms with van der Waals surface area (Å²) in [4.78, 5) is 12.8. The standard InChI is InChI=1S/C12H16BrN3O2/c1-8-4-9(6-14)7-15(8)12-5-10(13)2-3-11(12)16(17)18/h2-3,5,8-9H,4,6-7,14H2,1H3. The van der Waals surface area contributed by atoms with E-state index in [0.29, 0.717) is 18.2 Å². The van der Waals surface area contributed by atoms with Crippen molar-refractivity contribution in [3.8, 4) is 0 Å². The third-order valence-electron chi connectivity index (χ3n) is 3.44. The van der Waals surface area contributed by atoms with Crippen molar-refractivity contribution in [2.24, 2.45) is 11.7 Å².